The van der Waals surface area contributed by atoms with Gasteiger partial charge in [-0.2, -0.15) is 0 Å². The van der Waals surface area contributed by atoms with Gasteiger partial charge in [0, 0.05) is 0 Å². The van der Waals surface area contributed by atoms with Gasteiger partial charge in [-0.3, -0.25) is 0 Å². The molecule has 0 spiro atoms. The summed E-state index contributed by atoms with van der Waals surface area (Å²) in [7, 11) is 0. The van der Waals surface area contributed by atoms with Gasteiger partial charge in [-0.15, -0.1) is 0 Å². The Morgan fingerprint density at radius 3 is 0.515 bits per heavy atom. The van der Waals surface area contributed by atoms with Crippen LogP contribution in [0.5, 0.6) is 0 Å². The highest BCUT2D eigenvalue weighted by molar-refractivity contribution is 4.77. The van der Waals surface area contributed by atoms with E-state index in [-0.39, 0.29) is 26.4 Å². The van der Waals surface area contributed by atoms with Gasteiger partial charge in [0.15, 0.2) is 0 Å². The third-order valence-electron chi connectivity index (χ3n) is 13.9. The van der Waals surface area contributed by atoms with E-state index < -0.39 is 5.41 Å². The summed E-state index contributed by atoms with van der Waals surface area (Å²) in [4.78, 5) is 33.8. The van der Waals surface area contributed by atoms with Crippen molar-refractivity contribution in [2.75, 3.05) is 46.2 Å². The minimum atomic E-state index is -0.835. The number of aliphatic hydroxyl groups is 1. The van der Waals surface area contributed by atoms with Crippen molar-refractivity contribution < 1.29 is 34.4 Å². The van der Waals surface area contributed by atoms with Gasteiger partial charge in [0.05, 0.1) is 51.7 Å². The molecule has 0 aromatic rings. The lowest BCUT2D eigenvalue weighted by atomic mass is 9.93. The average Bonchev–Trinajstić information content (AvgIpc) is 3.33. The Labute approximate surface area is 413 Å². The van der Waals surface area contributed by atoms with Crippen molar-refractivity contribution in [3.05, 3.63) is 0 Å². The molecule has 0 rings (SSSR count). The molecule has 0 amide bonds. The number of hydrogen-bond acceptors (Lipinski definition) is 7. The maximum atomic E-state index is 10.5. The van der Waals surface area contributed by atoms with Crippen LogP contribution in [0.1, 0.15) is 329 Å². The molecular weight excluding hydrogens is 821 g/mol. The van der Waals surface area contributed by atoms with Crippen molar-refractivity contribution >= 4 is 0 Å². The van der Waals surface area contributed by atoms with E-state index in [1.165, 1.54) is 270 Å². The van der Waals surface area contributed by atoms with E-state index in [1.807, 2.05) is 0 Å². The lowest BCUT2D eigenvalue weighted by Crippen LogP contribution is -2.41. The molecule has 398 valence electrons. The van der Waals surface area contributed by atoms with Gasteiger partial charge >= 0.3 is 0 Å². The molecule has 66 heavy (non-hydrogen) atoms. The third kappa shape index (κ3) is 53.1. The summed E-state index contributed by atoms with van der Waals surface area (Å²) in [5.74, 6) is 0. The summed E-state index contributed by atoms with van der Waals surface area (Å²) < 4.78 is 0. The summed E-state index contributed by atoms with van der Waals surface area (Å²) in [6, 6.07) is 0. The van der Waals surface area contributed by atoms with Crippen molar-refractivity contribution in [1.82, 2.24) is 0 Å². The molecule has 0 unspecified atom stereocenters. The highest BCUT2D eigenvalue weighted by atomic mass is 17.2. The zero-order valence-corrected chi connectivity index (χ0v) is 45.3. The zero-order chi connectivity index (χ0) is 47.6. The molecule has 0 aliphatic heterocycles. The Balaban J connectivity index is 4.19. The van der Waals surface area contributed by atoms with Crippen molar-refractivity contribution in [3.63, 3.8) is 0 Å². The van der Waals surface area contributed by atoms with Crippen LogP contribution in [0.4, 0.5) is 0 Å². The van der Waals surface area contributed by atoms with Gasteiger partial charge in [-0.1, -0.05) is 310 Å². The Kier molecular flexibility index (Phi) is 58.8. The van der Waals surface area contributed by atoms with Crippen molar-refractivity contribution in [1.29, 1.82) is 0 Å². The van der Waals surface area contributed by atoms with Gasteiger partial charge < -0.3 is 5.11 Å². The van der Waals surface area contributed by atoms with Gasteiger partial charge in [0.2, 0.25) is 0 Å². The molecule has 0 fully saturated rings. The predicted molar refractivity (Wildman–Crippen MR) is 284 cm³/mol. The Hall–Kier alpha value is -0.280. The first-order chi connectivity index (χ1) is 32.7. The van der Waals surface area contributed by atoms with E-state index in [0.717, 1.165) is 38.5 Å². The maximum Gasteiger partial charge on any atom is 0.0947 e. The second-order valence-electron chi connectivity index (χ2n) is 20.8. The average molecular weight is 942 g/mol. The van der Waals surface area contributed by atoms with Crippen molar-refractivity contribution in [2.24, 2.45) is 5.41 Å². The molecule has 0 saturated carbocycles. The van der Waals surface area contributed by atoms with Gasteiger partial charge in [0.25, 0.3) is 0 Å². The van der Waals surface area contributed by atoms with Crippen LogP contribution < -0.4 is 0 Å². The second-order valence-corrected chi connectivity index (χ2v) is 20.8. The van der Waals surface area contributed by atoms with E-state index in [1.54, 1.807) is 0 Å². The number of aliphatic hydroxyl groups excluding tert-OH is 1. The van der Waals surface area contributed by atoms with E-state index in [9.17, 15) is 5.11 Å². The summed E-state index contributed by atoms with van der Waals surface area (Å²) >= 11 is 0. The third-order valence-corrected chi connectivity index (χ3v) is 13.9. The molecule has 0 bridgehead atoms. The monoisotopic (exact) mass is 941 g/mol. The summed E-state index contributed by atoms with van der Waals surface area (Å²) in [6.45, 7) is 8.78. The van der Waals surface area contributed by atoms with Crippen LogP contribution >= 0.6 is 0 Å². The molecule has 0 atom stereocenters. The molecule has 7 nitrogen and oxygen atoms in total. The standard InChI is InChI=1S/C59H120O7/c1-4-7-10-13-16-19-22-25-28-31-34-37-40-43-46-49-52-61-64-56-59(55-60,57-65-62-53-50-47-44-41-38-35-32-29-26-23-20-17-14-11-8-5-2)58-66-63-54-51-48-45-42-39-36-33-30-27-24-21-18-15-12-9-6-3/h60H,4-58H2,1-3H3. The van der Waals surface area contributed by atoms with Crippen LogP contribution in [0.3, 0.4) is 0 Å². The number of rotatable bonds is 61. The topological polar surface area (TPSA) is 75.6 Å². The van der Waals surface area contributed by atoms with E-state index in [4.69, 9.17) is 29.3 Å². The Bertz CT molecular complexity index is 740. The first-order valence-electron chi connectivity index (χ1n) is 30.1. The van der Waals surface area contributed by atoms with Crippen LogP contribution in [-0.4, -0.2) is 51.4 Å². The molecule has 7 heteroatoms. The minimum absolute atomic E-state index is 0.146. The highest BCUT2D eigenvalue weighted by Gasteiger charge is 2.33. The Morgan fingerprint density at radius 2 is 0.364 bits per heavy atom. The lowest BCUT2D eigenvalue weighted by molar-refractivity contribution is -0.371. The number of hydrogen-bond donors (Lipinski definition) is 1. The first kappa shape index (κ1) is 65.7. The van der Waals surface area contributed by atoms with Crippen LogP contribution in [-0.2, 0) is 29.3 Å². The molecule has 1 N–H and O–H groups in total. The quantitative estimate of drug-likeness (QED) is 0.0370. The van der Waals surface area contributed by atoms with E-state index in [2.05, 4.69) is 20.8 Å². The van der Waals surface area contributed by atoms with Gasteiger partial charge in [-0.25, -0.2) is 29.3 Å². The van der Waals surface area contributed by atoms with Gasteiger partial charge in [-0.05, 0) is 19.3 Å². The molecular formula is C59H120O7. The van der Waals surface area contributed by atoms with E-state index >= 15 is 0 Å². The predicted octanol–water partition coefficient (Wildman–Crippen LogP) is 19.6. The summed E-state index contributed by atoms with van der Waals surface area (Å²) in [6.07, 6.45) is 64.5. The second kappa shape index (κ2) is 59.0. The fraction of sp³-hybridized carbons (Fsp3) is 1.00. The molecule has 0 aliphatic carbocycles. The fourth-order valence-corrected chi connectivity index (χ4v) is 9.07. The van der Waals surface area contributed by atoms with Crippen LogP contribution in [0.15, 0.2) is 0 Å². The molecule has 0 heterocycles. The van der Waals surface area contributed by atoms with Gasteiger partial charge in [0.1, 0.15) is 0 Å². The van der Waals surface area contributed by atoms with Crippen molar-refractivity contribution in [2.45, 2.75) is 329 Å². The van der Waals surface area contributed by atoms with Crippen molar-refractivity contribution in [3.8, 4) is 0 Å². The molecule has 0 saturated heterocycles. The van der Waals surface area contributed by atoms with Crippen LogP contribution in [0.25, 0.3) is 0 Å². The lowest BCUT2D eigenvalue weighted by Gasteiger charge is -2.29. The van der Waals surface area contributed by atoms with Crippen LogP contribution in [0, 0.1) is 5.41 Å². The molecule has 0 aromatic carbocycles. The van der Waals surface area contributed by atoms with Crippen LogP contribution in [0.2, 0.25) is 0 Å². The molecule has 0 aromatic heterocycles. The number of unbranched alkanes of at least 4 members (excludes halogenated alkanes) is 45. The largest absolute Gasteiger partial charge is 0.396 e. The fourth-order valence-electron chi connectivity index (χ4n) is 9.07. The SMILES string of the molecule is CCCCCCCCCCCCCCCCCCOOCC(CO)(COOCCCCCCCCCCCCCCCCCC)COOCCCCCCCCCCCCCCCCCC. The highest BCUT2D eigenvalue weighted by Crippen LogP contribution is 2.21. The minimum Gasteiger partial charge on any atom is -0.396 e. The molecule has 0 aliphatic rings. The van der Waals surface area contributed by atoms with E-state index in [0.29, 0.717) is 19.8 Å². The summed E-state index contributed by atoms with van der Waals surface area (Å²) in [5, 5.41) is 10.5. The molecule has 0 radical (unpaired) electrons. The summed E-state index contributed by atoms with van der Waals surface area (Å²) in [5.41, 5.74) is -0.835. The first-order valence-corrected chi connectivity index (χ1v) is 30.1. The smallest absolute Gasteiger partial charge is 0.0947 e. The maximum absolute atomic E-state index is 10.5. The zero-order valence-electron chi connectivity index (χ0n) is 45.3. The normalized spacial score (nSPS) is 12.0. The Morgan fingerprint density at radius 1 is 0.212 bits per heavy atom.